The topological polar surface area (TPSA) is 35.5 Å². The van der Waals surface area contributed by atoms with E-state index in [2.05, 4.69) is 4.74 Å². The maximum absolute atomic E-state index is 14.9. The predicted octanol–water partition coefficient (Wildman–Crippen LogP) is 4.76. The molecule has 0 saturated heterocycles. The first-order chi connectivity index (χ1) is 12.5. The number of halogens is 2. The molecule has 4 bridgehead atoms. The summed E-state index contributed by atoms with van der Waals surface area (Å²) in [5.74, 6) is 0.000806. The minimum atomic E-state index is -0.892. The smallest absolute Gasteiger partial charge is 0.305 e. The Balaban J connectivity index is 1.49. The lowest BCUT2D eigenvalue weighted by molar-refractivity contribution is -0.140. The lowest BCUT2D eigenvalue weighted by Crippen LogP contribution is -2.49. The molecule has 5 rings (SSSR count). The molecule has 142 valence electrons. The van der Waals surface area contributed by atoms with Crippen LogP contribution in [0.15, 0.2) is 12.1 Å². The zero-order chi connectivity index (χ0) is 18.3. The van der Waals surface area contributed by atoms with Gasteiger partial charge in [0.2, 0.25) is 5.82 Å². The standard InChI is InChI=1S/C21H26F2O3/c1-25-18(24)3-2-6-26-17-5-4-16(19(22)20(17)23)21-10-13-7-14(11-21)9-15(8-13)12-21/h4-5,13-15H,2-3,6-12H2,1H3/t13-,14?,15?,21-. The lowest BCUT2D eigenvalue weighted by atomic mass is 9.48. The summed E-state index contributed by atoms with van der Waals surface area (Å²) in [6, 6.07) is 3.30. The number of carbonyl (C=O) groups is 1. The first-order valence-electron chi connectivity index (χ1n) is 9.69. The average Bonchev–Trinajstić information content (AvgIpc) is 2.60. The number of esters is 1. The molecule has 0 radical (unpaired) electrons. The van der Waals surface area contributed by atoms with Gasteiger partial charge in [0.1, 0.15) is 0 Å². The van der Waals surface area contributed by atoms with E-state index in [0.29, 0.717) is 29.7 Å². The second-order valence-corrected chi connectivity index (χ2v) is 8.47. The molecule has 0 N–H and O–H groups in total. The van der Waals surface area contributed by atoms with E-state index in [4.69, 9.17) is 4.74 Å². The molecular formula is C21H26F2O3. The Labute approximate surface area is 153 Å². The van der Waals surface area contributed by atoms with Gasteiger partial charge >= 0.3 is 5.97 Å². The van der Waals surface area contributed by atoms with Crippen LogP contribution in [0.1, 0.15) is 56.9 Å². The minimum absolute atomic E-state index is 0.0687. The van der Waals surface area contributed by atoms with E-state index in [1.54, 1.807) is 12.1 Å². The van der Waals surface area contributed by atoms with E-state index in [0.717, 1.165) is 19.3 Å². The molecule has 26 heavy (non-hydrogen) atoms. The first-order valence-corrected chi connectivity index (χ1v) is 9.69. The van der Waals surface area contributed by atoms with Crippen LogP contribution in [0.3, 0.4) is 0 Å². The van der Waals surface area contributed by atoms with Crippen LogP contribution in [0.5, 0.6) is 5.75 Å². The minimum Gasteiger partial charge on any atom is -0.490 e. The van der Waals surface area contributed by atoms with Gasteiger partial charge < -0.3 is 9.47 Å². The lowest BCUT2D eigenvalue weighted by Gasteiger charge is -2.57. The molecular weight excluding hydrogens is 338 g/mol. The Kier molecular flexibility index (Phi) is 4.66. The number of methoxy groups -OCH3 is 1. The van der Waals surface area contributed by atoms with Crippen molar-refractivity contribution in [2.24, 2.45) is 17.8 Å². The molecule has 1 aromatic rings. The van der Waals surface area contributed by atoms with Crippen LogP contribution in [0.25, 0.3) is 0 Å². The van der Waals surface area contributed by atoms with Crippen molar-refractivity contribution in [3.63, 3.8) is 0 Å². The van der Waals surface area contributed by atoms with Crippen molar-refractivity contribution in [3.8, 4) is 5.75 Å². The van der Waals surface area contributed by atoms with Crippen molar-refractivity contribution in [2.45, 2.75) is 56.8 Å². The Bertz CT molecular complexity index is 665. The molecule has 4 fully saturated rings. The zero-order valence-corrected chi connectivity index (χ0v) is 15.2. The van der Waals surface area contributed by atoms with E-state index in [1.807, 2.05) is 0 Å². The van der Waals surface area contributed by atoms with Crippen LogP contribution in [-0.2, 0) is 14.9 Å². The summed E-state index contributed by atoms with van der Waals surface area (Å²) in [7, 11) is 1.32. The summed E-state index contributed by atoms with van der Waals surface area (Å²) in [5.41, 5.74) is 0.374. The zero-order valence-electron chi connectivity index (χ0n) is 15.2. The van der Waals surface area contributed by atoms with Crippen molar-refractivity contribution in [1.29, 1.82) is 0 Å². The molecule has 0 spiro atoms. The highest BCUT2D eigenvalue weighted by Crippen LogP contribution is 2.61. The monoisotopic (exact) mass is 364 g/mol. The summed E-state index contributed by atoms with van der Waals surface area (Å²) in [6.45, 7) is 0.155. The van der Waals surface area contributed by atoms with Crippen LogP contribution >= 0.6 is 0 Å². The molecule has 3 nitrogen and oxygen atoms in total. The van der Waals surface area contributed by atoms with Crippen molar-refractivity contribution >= 4 is 5.97 Å². The largest absolute Gasteiger partial charge is 0.490 e. The maximum Gasteiger partial charge on any atom is 0.305 e. The van der Waals surface area contributed by atoms with Crippen molar-refractivity contribution < 1.29 is 23.0 Å². The number of benzene rings is 1. The van der Waals surface area contributed by atoms with Crippen molar-refractivity contribution in [2.75, 3.05) is 13.7 Å². The fraction of sp³-hybridized carbons (Fsp3) is 0.667. The average molecular weight is 364 g/mol. The van der Waals surface area contributed by atoms with Gasteiger partial charge in [0.05, 0.1) is 13.7 Å². The van der Waals surface area contributed by atoms with Gasteiger partial charge in [-0.05, 0) is 79.7 Å². The number of hydrogen-bond donors (Lipinski definition) is 0. The molecule has 4 aliphatic rings. The summed E-state index contributed by atoms with van der Waals surface area (Å²) in [6.07, 6.45) is 7.40. The number of ether oxygens (including phenoxy) is 2. The van der Waals surface area contributed by atoms with E-state index in [-0.39, 0.29) is 30.2 Å². The Hall–Kier alpha value is -1.65. The van der Waals surface area contributed by atoms with Crippen LogP contribution in [0.2, 0.25) is 0 Å². The van der Waals surface area contributed by atoms with Crippen LogP contribution < -0.4 is 4.74 Å². The fourth-order valence-electron chi connectivity index (χ4n) is 5.99. The van der Waals surface area contributed by atoms with Crippen molar-refractivity contribution in [1.82, 2.24) is 0 Å². The van der Waals surface area contributed by atoms with E-state index < -0.39 is 11.6 Å². The summed E-state index contributed by atoms with van der Waals surface area (Å²) in [4.78, 5) is 11.1. The van der Waals surface area contributed by atoms with Gasteiger partial charge in [-0.2, -0.15) is 4.39 Å². The molecule has 0 aromatic heterocycles. The molecule has 0 amide bonds. The number of carbonyl (C=O) groups excluding carboxylic acids is 1. The van der Waals surface area contributed by atoms with Crippen LogP contribution in [0, 0.1) is 29.4 Å². The highest BCUT2D eigenvalue weighted by Gasteiger charge is 2.52. The molecule has 4 saturated carbocycles. The molecule has 0 atom stereocenters. The third kappa shape index (κ3) is 3.10. The number of rotatable bonds is 6. The van der Waals surface area contributed by atoms with Crippen LogP contribution in [-0.4, -0.2) is 19.7 Å². The Morgan fingerprint density at radius 1 is 1.08 bits per heavy atom. The Morgan fingerprint density at radius 2 is 1.69 bits per heavy atom. The third-order valence-corrected chi connectivity index (χ3v) is 6.67. The van der Waals surface area contributed by atoms with Gasteiger partial charge in [0.25, 0.3) is 0 Å². The molecule has 0 heterocycles. The fourth-order valence-corrected chi connectivity index (χ4v) is 5.99. The highest BCUT2D eigenvalue weighted by atomic mass is 19.2. The molecule has 0 aliphatic heterocycles. The van der Waals surface area contributed by atoms with E-state index in [9.17, 15) is 13.6 Å². The van der Waals surface area contributed by atoms with Gasteiger partial charge in [-0.1, -0.05) is 6.07 Å². The summed E-state index contributed by atoms with van der Waals surface area (Å²) >= 11 is 0. The molecule has 0 unspecified atom stereocenters. The third-order valence-electron chi connectivity index (χ3n) is 6.67. The first kappa shape index (κ1) is 17.7. The normalized spacial score (nSPS) is 31.9. The second kappa shape index (κ2) is 6.82. The van der Waals surface area contributed by atoms with E-state index in [1.165, 1.54) is 26.4 Å². The van der Waals surface area contributed by atoms with Crippen molar-refractivity contribution in [3.05, 3.63) is 29.3 Å². The molecule has 1 aromatic carbocycles. The maximum atomic E-state index is 14.9. The van der Waals surface area contributed by atoms with Gasteiger partial charge in [-0.3, -0.25) is 4.79 Å². The summed E-state index contributed by atoms with van der Waals surface area (Å²) < 4.78 is 39.5. The molecule has 5 heteroatoms. The van der Waals surface area contributed by atoms with Gasteiger partial charge in [0.15, 0.2) is 11.6 Å². The van der Waals surface area contributed by atoms with Gasteiger partial charge in [-0.15, -0.1) is 0 Å². The van der Waals surface area contributed by atoms with E-state index >= 15 is 0 Å². The van der Waals surface area contributed by atoms with Crippen LogP contribution in [0.4, 0.5) is 8.78 Å². The molecule has 4 aliphatic carbocycles. The van der Waals surface area contributed by atoms with Gasteiger partial charge in [-0.25, -0.2) is 4.39 Å². The Morgan fingerprint density at radius 3 is 2.27 bits per heavy atom. The SMILES string of the molecule is COC(=O)CCCOc1ccc([C@]23CC4CC(C[C@H](C4)C2)C3)c(F)c1F. The van der Waals surface area contributed by atoms with Gasteiger partial charge in [0, 0.05) is 6.42 Å². The summed E-state index contributed by atoms with van der Waals surface area (Å²) in [5, 5.41) is 0. The second-order valence-electron chi connectivity index (χ2n) is 8.47. The number of hydrogen-bond acceptors (Lipinski definition) is 3. The predicted molar refractivity (Wildman–Crippen MR) is 93.0 cm³/mol. The highest BCUT2D eigenvalue weighted by molar-refractivity contribution is 5.69. The quantitative estimate of drug-likeness (QED) is 0.539.